The summed E-state index contributed by atoms with van der Waals surface area (Å²) in [5.41, 5.74) is -0.470. The lowest BCUT2D eigenvalue weighted by molar-refractivity contribution is 0.0277. The Balaban J connectivity index is 1.72. The van der Waals surface area contributed by atoms with E-state index >= 15 is 0 Å². The number of nitrogens with zero attached hydrogens (tertiary/aromatic N) is 4. The summed E-state index contributed by atoms with van der Waals surface area (Å²) in [5, 5.41) is 3.49. The van der Waals surface area contributed by atoms with Crippen molar-refractivity contribution in [1.29, 1.82) is 0 Å². The molecule has 2 aliphatic rings. The third-order valence-electron chi connectivity index (χ3n) is 5.32. The second-order valence-corrected chi connectivity index (χ2v) is 9.41. The number of likely N-dealkylation sites (tertiary alicyclic amines) is 1. The Kier molecular flexibility index (Phi) is 9.02. The summed E-state index contributed by atoms with van der Waals surface area (Å²) in [6, 6.07) is 0. The van der Waals surface area contributed by atoms with Crippen LogP contribution in [0.15, 0.2) is 4.99 Å². The molecular weight excluding hydrogens is 370 g/mol. The van der Waals surface area contributed by atoms with E-state index in [1.165, 1.54) is 6.42 Å². The molecule has 0 aromatic rings. The number of aliphatic imine (C=N–C) groups is 1. The second kappa shape index (κ2) is 11.0. The minimum absolute atomic E-state index is 0.278. The van der Waals surface area contributed by atoms with Gasteiger partial charge in [-0.15, -0.1) is 0 Å². The SMILES string of the molecule is CN=C(NCC(C)CN(C)C(=O)OC(C)(C)C)N1CCC(CN2CCOCC2)C1. The monoisotopic (exact) mass is 411 g/mol. The molecular formula is C21H41N5O3. The third kappa shape index (κ3) is 8.38. The van der Waals surface area contributed by atoms with Crippen molar-refractivity contribution in [1.82, 2.24) is 20.0 Å². The van der Waals surface area contributed by atoms with Crippen molar-refractivity contribution in [3.05, 3.63) is 0 Å². The number of nitrogens with one attached hydrogen (secondary N) is 1. The molecule has 0 saturated carbocycles. The van der Waals surface area contributed by atoms with Crippen LogP contribution in [0, 0.1) is 11.8 Å². The van der Waals surface area contributed by atoms with Crippen LogP contribution in [0.25, 0.3) is 0 Å². The van der Waals surface area contributed by atoms with Gasteiger partial charge in [0.25, 0.3) is 0 Å². The molecule has 0 radical (unpaired) electrons. The lowest BCUT2D eigenvalue weighted by Crippen LogP contribution is -2.44. The van der Waals surface area contributed by atoms with Crippen LogP contribution < -0.4 is 5.32 Å². The molecule has 1 N–H and O–H groups in total. The predicted octanol–water partition coefficient (Wildman–Crippen LogP) is 1.72. The maximum Gasteiger partial charge on any atom is 0.410 e. The molecule has 8 heteroatoms. The van der Waals surface area contributed by atoms with Gasteiger partial charge in [-0.2, -0.15) is 0 Å². The van der Waals surface area contributed by atoms with Gasteiger partial charge >= 0.3 is 6.09 Å². The van der Waals surface area contributed by atoms with E-state index < -0.39 is 5.60 Å². The van der Waals surface area contributed by atoms with Gasteiger partial charge in [0.2, 0.25) is 0 Å². The van der Waals surface area contributed by atoms with Crippen LogP contribution in [-0.4, -0.2) is 105 Å². The third-order valence-corrected chi connectivity index (χ3v) is 5.32. The number of rotatable bonds is 6. The molecule has 2 unspecified atom stereocenters. The van der Waals surface area contributed by atoms with Crippen LogP contribution in [0.3, 0.4) is 0 Å². The molecule has 0 aliphatic carbocycles. The van der Waals surface area contributed by atoms with Crippen LogP contribution in [0.1, 0.15) is 34.1 Å². The average Bonchev–Trinajstić information content (AvgIpc) is 3.10. The van der Waals surface area contributed by atoms with E-state index in [0.29, 0.717) is 12.5 Å². The number of amides is 1. The maximum absolute atomic E-state index is 12.1. The van der Waals surface area contributed by atoms with E-state index in [0.717, 1.165) is 58.4 Å². The number of hydrogen-bond donors (Lipinski definition) is 1. The van der Waals surface area contributed by atoms with Gasteiger partial charge in [-0.05, 0) is 39.0 Å². The van der Waals surface area contributed by atoms with Gasteiger partial charge in [-0.3, -0.25) is 9.89 Å². The first kappa shape index (κ1) is 23.7. The highest BCUT2D eigenvalue weighted by Gasteiger charge is 2.27. The van der Waals surface area contributed by atoms with Gasteiger partial charge in [0.05, 0.1) is 13.2 Å². The Hall–Kier alpha value is -1.54. The van der Waals surface area contributed by atoms with Crippen molar-refractivity contribution in [3.63, 3.8) is 0 Å². The molecule has 0 aromatic heterocycles. The summed E-state index contributed by atoms with van der Waals surface area (Å²) in [6.07, 6.45) is 0.925. The van der Waals surface area contributed by atoms with Crippen LogP contribution >= 0.6 is 0 Å². The number of morpholine rings is 1. The Morgan fingerprint density at radius 3 is 2.62 bits per heavy atom. The largest absolute Gasteiger partial charge is 0.444 e. The summed E-state index contributed by atoms with van der Waals surface area (Å²) in [7, 11) is 3.63. The molecule has 29 heavy (non-hydrogen) atoms. The van der Waals surface area contributed by atoms with Crippen LogP contribution in [-0.2, 0) is 9.47 Å². The van der Waals surface area contributed by atoms with Gasteiger partial charge in [0.15, 0.2) is 5.96 Å². The first-order chi connectivity index (χ1) is 13.7. The van der Waals surface area contributed by atoms with Crippen molar-refractivity contribution in [2.45, 2.75) is 39.7 Å². The van der Waals surface area contributed by atoms with E-state index in [-0.39, 0.29) is 12.0 Å². The van der Waals surface area contributed by atoms with E-state index in [9.17, 15) is 4.79 Å². The Labute approximate surface area is 176 Å². The molecule has 0 spiro atoms. The average molecular weight is 412 g/mol. The smallest absolute Gasteiger partial charge is 0.410 e. The predicted molar refractivity (Wildman–Crippen MR) is 116 cm³/mol. The quantitative estimate of drug-likeness (QED) is 0.530. The molecule has 8 nitrogen and oxygen atoms in total. The van der Waals surface area contributed by atoms with Gasteiger partial charge in [-0.25, -0.2) is 4.79 Å². The Morgan fingerprint density at radius 2 is 2.00 bits per heavy atom. The zero-order valence-corrected chi connectivity index (χ0v) is 19.2. The highest BCUT2D eigenvalue weighted by Crippen LogP contribution is 2.18. The summed E-state index contributed by atoms with van der Waals surface area (Å²) in [6.45, 7) is 16.2. The standard InChI is InChI=1S/C21H41N5O3/c1-17(14-24(6)20(27)29-21(2,3)4)13-23-19(22-5)26-8-7-18(16-26)15-25-9-11-28-12-10-25/h17-18H,7-16H2,1-6H3,(H,22,23). The van der Waals surface area contributed by atoms with Crippen molar-refractivity contribution < 1.29 is 14.3 Å². The highest BCUT2D eigenvalue weighted by molar-refractivity contribution is 5.80. The summed E-state index contributed by atoms with van der Waals surface area (Å²) in [5.74, 6) is 1.93. The highest BCUT2D eigenvalue weighted by atomic mass is 16.6. The molecule has 2 saturated heterocycles. The van der Waals surface area contributed by atoms with Crippen molar-refractivity contribution >= 4 is 12.1 Å². The molecule has 2 heterocycles. The Bertz CT molecular complexity index is 543. The summed E-state index contributed by atoms with van der Waals surface area (Å²) < 4.78 is 10.9. The molecule has 2 fully saturated rings. The van der Waals surface area contributed by atoms with Gasteiger partial charge in [0, 0.05) is 59.9 Å². The van der Waals surface area contributed by atoms with Crippen LogP contribution in [0.2, 0.25) is 0 Å². The van der Waals surface area contributed by atoms with Crippen LogP contribution in [0.5, 0.6) is 0 Å². The number of carbonyl (C=O) groups excluding carboxylic acids is 1. The number of guanidine groups is 1. The van der Waals surface area contributed by atoms with Crippen molar-refractivity contribution in [2.75, 3.05) is 73.1 Å². The molecule has 2 rings (SSSR count). The fourth-order valence-corrected chi connectivity index (χ4v) is 3.87. The summed E-state index contributed by atoms with van der Waals surface area (Å²) in [4.78, 5) is 23.1. The van der Waals surface area contributed by atoms with Gasteiger partial charge in [-0.1, -0.05) is 6.92 Å². The molecule has 2 atom stereocenters. The molecule has 1 amide bonds. The van der Waals surface area contributed by atoms with E-state index in [2.05, 4.69) is 27.0 Å². The minimum atomic E-state index is -0.470. The van der Waals surface area contributed by atoms with Gasteiger partial charge < -0.3 is 24.6 Å². The summed E-state index contributed by atoms with van der Waals surface area (Å²) >= 11 is 0. The zero-order chi connectivity index (χ0) is 21.4. The minimum Gasteiger partial charge on any atom is -0.444 e. The van der Waals surface area contributed by atoms with Crippen LogP contribution in [0.4, 0.5) is 4.79 Å². The lowest BCUT2D eigenvalue weighted by Gasteiger charge is -2.29. The van der Waals surface area contributed by atoms with E-state index in [1.807, 2.05) is 27.8 Å². The fraction of sp³-hybridized carbons (Fsp3) is 0.905. The van der Waals surface area contributed by atoms with Crippen molar-refractivity contribution in [3.8, 4) is 0 Å². The first-order valence-electron chi connectivity index (χ1n) is 10.9. The second-order valence-electron chi connectivity index (χ2n) is 9.41. The number of carbonyl (C=O) groups is 1. The maximum atomic E-state index is 12.1. The molecule has 0 bridgehead atoms. The number of hydrogen-bond acceptors (Lipinski definition) is 5. The van der Waals surface area contributed by atoms with Crippen molar-refractivity contribution in [2.24, 2.45) is 16.8 Å². The normalized spacial score (nSPS) is 22.5. The topological polar surface area (TPSA) is 69.6 Å². The lowest BCUT2D eigenvalue weighted by atomic mass is 10.1. The first-order valence-corrected chi connectivity index (χ1v) is 10.9. The Morgan fingerprint density at radius 1 is 1.31 bits per heavy atom. The van der Waals surface area contributed by atoms with E-state index in [1.54, 1.807) is 11.9 Å². The zero-order valence-electron chi connectivity index (χ0n) is 19.2. The number of ether oxygens (including phenoxy) is 2. The fourth-order valence-electron chi connectivity index (χ4n) is 3.87. The molecule has 168 valence electrons. The van der Waals surface area contributed by atoms with Gasteiger partial charge in [0.1, 0.15) is 5.60 Å². The van der Waals surface area contributed by atoms with E-state index in [4.69, 9.17) is 9.47 Å². The molecule has 2 aliphatic heterocycles. The molecule has 0 aromatic carbocycles.